The van der Waals surface area contributed by atoms with Crippen molar-refractivity contribution in [3.63, 3.8) is 0 Å². The van der Waals surface area contributed by atoms with Crippen LogP contribution in [-0.4, -0.2) is 4.98 Å². The molecule has 0 aliphatic rings. The average Bonchev–Trinajstić information content (AvgIpc) is 2.48. The summed E-state index contributed by atoms with van der Waals surface area (Å²) < 4.78 is 0. The molecule has 0 N–H and O–H groups in total. The Morgan fingerprint density at radius 3 is 2.68 bits per heavy atom. The van der Waals surface area contributed by atoms with Crippen LogP contribution in [0.1, 0.15) is 11.1 Å². The molecule has 90 valence electrons. The minimum Gasteiger partial charge on any atom is -0.256 e. The van der Waals surface area contributed by atoms with Crippen LogP contribution in [0.4, 0.5) is 0 Å². The van der Waals surface area contributed by atoms with E-state index >= 15 is 0 Å². The highest BCUT2D eigenvalue weighted by atomic mass is 14.6. The van der Waals surface area contributed by atoms with Crippen LogP contribution in [0.25, 0.3) is 10.9 Å². The average molecular weight is 243 g/mol. The van der Waals surface area contributed by atoms with Gasteiger partial charge in [0.2, 0.25) is 0 Å². The van der Waals surface area contributed by atoms with Gasteiger partial charge in [0.15, 0.2) is 0 Å². The fourth-order valence-electron chi connectivity index (χ4n) is 2.00. The van der Waals surface area contributed by atoms with E-state index in [2.05, 4.69) is 41.1 Å². The highest BCUT2D eigenvalue weighted by Gasteiger charge is 1.95. The first-order valence-corrected chi connectivity index (χ1v) is 6.29. The van der Waals surface area contributed by atoms with E-state index in [-0.39, 0.29) is 0 Å². The maximum absolute atomic E-state index is 4.31. The van der Waals surface area contributed by atoms with Crippen LogP contribution in [0.5, 0.6) is 0 Å². The quantitative estimate of drug-likeness (QED) is 0.592. The minimum absolute atomic E-state index is 0.764. The van der Waals surface area contributed by atoms with E-state index in [1.165, 1.54) is 10.9 Å². The molecule has 2 aromatic carbocycles. The first-order chi connectivity index (χ1) is 9.42. The molecule has 0 atom stereocenters. The Bertz CT molecular complexity index is 748. The van der Waals surface area contributed by atoms with Crippen molar-refractivity contribution < 1.29 is 0 Å². The molecule has 0 bridgehead atoms. The van der Waals surface area contributed by atoms with Gasteiger partial charge in [0.25, 0.3) is 0 Å². The van der Waals surface area contributed by atoms with Gasteiger partial charge in [0.05, 0.1) is 5.52 Å². The van der Waals surface area contributed by atoms with Crippen molar-refractivity contribution in [2.24, 2.45) is 0 Å². The van der Waals surface area contributed by atoms with Crippen molar-refractivity contribution in [2.45, 2.75) is 6.42 Å². The monoisotopic (exact) mass is 243 g/mol. The summed E-state index contributed by atoms with van der Waals surface area (Å²) in [7, 11) is 0. The Hall–Kier alpha value is -2.59. The molecule has 0 saturated heterocycles. The van der Waals surface area contributed by atoms with Crippen molar-refractivity contribution in [1.82, 2.24) is 4.98 Å². The van der Waals surface area contributed by atoms with E-state index in [0.717, 1.165) is 17.5 Å². The predicted octanol–water partition coefficient (Wildman–Crippen LogP) is 3.83. The van der Waals surface area contributed by atoms with Gasteiger partial charge < -0.3 is 0 Å². The van der Waals surface area contributed by atoms with E-state index in [9.17, 15) is 0 Å². The van der Waals surface area contributed by atoms with Gasteiger partial charge in [-0.3, -0.25) is 4.98 Å². The van der Waals surface area contributed by atoms with Crippen LogP contribution in [0.3, 0.4) is 0 Å². The van der Waals surface area contributed by atoms with Crippen molar-refractivity contribution in [3.05, 3.63) is 78.0 Å². The fourth-order valence-corrected chi connectivity index (χ4v) is 2.00. The normalized spacial score (nSPS) is 9.89. The zero-order valence-corrected chi connectivity index (χ0v) is 10.5. The summed E-state index contributed by atoms with van der Waals surface area (Å²) in [5, 5.41) is 1.17. The second-order valence-corrected chi connectivity index (χ2v) is 4.38. The maximum atomic E-state index is 4.31. The lowest BCUT2D eigenvalue weighted by atomic mass is 10.1. The Kier molecular flexibility index (Phi) is 3.25. The molecule has 3 aromatic rings. The molecule has 0 radical (unpaired) electrons. The first kappa shape index (κ1) is 11.5. The highest BCUT2D eigenvalue weighted by molar-refractivity contribution is 5.79. The minimum atomic E-state index is 0.764. The molecule has 19 heavy (non-hydrogen) atoms. The molecule has 0 unspecified atom stereocenters. The Labute approximate surface area is 112 Å². The summed E-state index contributed by atoms with van der Waals surface area (Å²) in [4.78, 5) is 4.31. The molecule has 0 saturated carbocycles. The molecule has 1 heterocycles. The van der Waals surface area contributed by atoms with Crippen molar-refractivity contribution >= 4 is 10.9 Å². The zero-order chi connectivity index (χ0) is 12.9. The van der Waals surface area contributed by atoms with Gasteiger partial charge in [-0.15, -0.1) is 0 Å². The lowest BCUT2D eigenvalue weighted by molar-refractivity contribution is 1.32. The lowest BCUT2D eigenvalue weighted by Crippen LogP contribution is -1.84. The molecule has 0 amide bonds. The number of nitrogens with zero attached hydrogens (tertiary/aromatic N) is 1. The Balaban J connectivity index is 1.81. The largest absolute Gasteiger partial charge is 0.256 e. The van der Waals surface area contributed by atoms with E-state index in [0.29, 0.717) is 0 Å². The highest BCUT2D eigenvalue weighted by Crippen LogP contribution is 2.13. The number of rotatable bonds is 1. The summed E-state index contributed by atoms with van der Waals surface area (Å²) >= 11 is 0. The zero-order valence-electron chi connectivity index (χ0n) is 10.5. The topological polar surface area (TPSA) is 12.9 Å². The van der Waals surface area contributed by atoms with E-state index in [4.69, 9.17) is 0 Å². The standard InChI is InChI=1S/C18H13N/c1-2-6-15(7-3-1)8-4-9-16-11-12-18-17(14-16)10-5-13-19-18/h1-3,5-7,10-14H,9H2. The molecule has 0 aliphatic carbocycles. The van der Waals surface area contributed by atoms with E-state index < -0.39 is 0 Å². The first-order valence-electron chi connectivity index (χ1n) is 6.29. The maximum Gasteiger partial charge on any atom is 0.0702 e. The molecular weight excluding hydrogens is 230 g/mol. The molecular formula is C18H13N. The van der Waals surface area contributed by atoms with Crippen LogP contribution < -0.4 is 0 Å². The Morgan fingerprint density at radius 2 is 1.79 bits per heavy atom. The summed E-state index contributed by atoms with van der Waals surface area (Å²) in [5.41, 5.74) is 3.32. The molecule has 0 aliphatic heterocycles. The van der Waals surface area contributed by atoms with Gasteiger partial charge in [-0.05, 0) is 35.9 Å². The summed E-state index contributed by atoms with van der Waals surface area (Å²) in [6.45, 7) is 0. The molecule has 1 nitrogen and oxygen atoms in total. The van der Waals surface area contributed by atoms with Gasteiger partial charge in [-0.2, -0.15) is 0 Å². The van der Waals surface area contributed by atoms with Gasteiger partial charge in [0, 0.05) is 23.6 Å². The second-order valence-electron chi connectivity index (χ2n) is 4.38. The van der Waals surface area contributed by atoms with Crippen LogP contribution in [0.2, 0.25) is 0 Å². The third kappa shape index (κ3) is 2.81. The summed E-state index contributed by atoms with van der Waals surface area (Å²) in [6, 6.07) is 20.4. The fraction of sp³-hybridized carbons (Fsp3) is 0.0556. The summed E-state index contributed by atoms with van der Waals surface area (Å²) in [6.07, 6.45) is 2.58. The van der Waals surface area contributed by atoms with Crippen LogP contribution in [0, 0.1) is 11.8 Å². The molecule has 1 aromatic heterocycles. The van der Waals surface area contributed by atoms with Crippen molar-refractivity contribution in [1.29, 1.82) is 0 Å². The lowest BCUT2D eigenvalue weighted by Gasteiger charge is -1.99. The summed E-state index contributed by atoms with van der Waals surface area (Å²) in [5.74, 6) is 6.39. The molecule has 1 heteroatoms. The third-order valence-corrected chi connectivity index (χ3v) is 2.97. The van der Waals surface area contributed by atoms with Crippen molar-refractivity contribution in [3.8, 4) is 11.8 Å². The van der Waals surface area contributed by atoms with Gasteiger partial charge in [-0.1, -0.05) is 42.2 Å². The number of benzene rings is 2. The number of fused-ring (bicyclic) bond motifs is 1. The molecule has 0 spiro atoms. The number of aromatic nitrogens is 1. The predicted molar refractivity (Wildman–Crippen MR) is 78.8 cm³/mol. The molecule has 0 fully saturated rings. The van der Waals surface area contributed by atoms with Crippen molar-refractivity contribution in [2.75, 3.05) is 0 Å². The van der Waals surface area contributed by atoms with E-state index in [1.807, 2.05) is 42.6 Å². The number of hydrogen-bond donors (Lipinski definition) is 0. The van der Waals surface area contributed by atoms with Gasteiger partial charge in [-0.25, -0.2) is 0 Å². The smallest absolute Gasteiger partial charge is 0.0702 e. The van der Waals surface area contributed by atoms with Crippen LogP contribution in [-0.2, 0) is 6.42 Å². The van der Waals surface area contributed by atoms with Gasteiger partial charge in [0.1, 0.15) is 0 Å². The SMILES string of the molecule is C(#Cc1ccccc1)Cc1ccc2ncccc2c1. The van der Waals surface area contributed by atoms with Crippen LogP contribution >= 0.6 is 0 Å². The third-order valence-electron chi connectivity index (χ3n) is 2.97. The van der Waals surface area contributed by atoms with Gasteiger partial charge >= 0.3 is 0 Å². The Morgan fingerprint density at radius 1 is 0.895 bits per heavy atom. The molecule has 3 rings (SSSR count). The number of pyridine rings is 1. The second kappa shape index (κ2) is 5.37. The van der Waals surface area contributed by atoms with E-state index in [1.54, 1.807) is 0 Å². The number of hydrogen-bond acceptors (Lipinski definition) is 1. The van der Waals surface area contributed by atoms with Crippen LogP contribution in [0.15, 0.2) is 66.9 Å².